The van der Waals surface area contributed by atoms with E-state index in [1.165, 1.54) is 6.92 Å². The van der Waals surface area contributed by atoms with Crippen molar-refractivity contribution in [1.29, 1.82) is 0 Å². The van der Waals surface area contributed by atoms with Gasteiger partial charge in [-0.2, -0.15) is 0 Å². The lowest BCUT2D eigenvalue weighted by atomic mass is 9.98. The van der Waals surface area contributed by atoms with Crippen molar-refractivity contribution in [3.8, 4) is 45.4 Å². The summed E-state index contributed by atoms with van der Waals surface area (Å²) in [5.41, 5.74) is 5.44. The molecule has 0 radical (unpaired) electrons. The Morgan fingerprint density at radius 2 is 1.48 bits per heavy atom. The Labute approximate surface area is 289 Å². The first kappa shape index (κ1) is 33.6. The maximum atomic E-state index is 11.5. The smallest absolute Gasteiger partial charge is 0.237 e. The van der Waals surface area contributed by atoms with E-state index in [1.807, 2.05) is 36.4 Å². The summed E-state index contributed by atoms with van der Waals surface area (Å²) < 4.78 is 11.2. The normalized spacial score (nSPS) is 16.4. The van der Waals surface area contributed by atoms with Gasteiger partial charge in [0.1, 0.15) is 11.4 Å². The predicted octanol–water partition coefficient (Wildman–Crippen LogP) is 5.51. The summed E-state index contributed by atoms with van der Waals surface area (Å²) in [5, 5.41) is 6.88. The minimum absolute atomic E-state index is 0.0312. The molecule has 0 spiro atoms. The number of benzene rings is 2. The van der Waals surface area contributed by atoms with Gasteiger partial charge in [-0.1, -0.05) is 59.6 Å². The molecule has 0 saturated carbocycles. The third-order valence-electron chi connectivity index (χ3n) is 8.64. The van der Waals surface area contributed by atoms with Crippen molar-refractivity contribution in [2.24, 2.45) is 0 Å². The number of carbonyl (C=O) groups is 2. The molecule has 2 N–H and O–H groups in total. The molecular formula is C35H37Cl2N7O4. The SMILES string of the molecule is COc1nc(-c2cccc(-c3cccc(-c4cnc(CN5CC(NC(C)=O)C5)c(OC)n4)c3Cl)c2Cl)cnc1CCC[C@@H]1CCC(=O)N1. The Bertz CT molecular complexity index is 1830. The van der Waals surface area contributed by atoms with Gasteiger partial charge < -0.3 is 20.1 Å². The molecule has 0 unspecified atom stereocenters. The van der Waals surface area contributed by atoms with E-state index in [9.17, 15) is 9.59 Å². The number of ether oxygens (including phenoxy) is 2. The third kappa shape index (κ3) is 7.38. The molecule has 13 heteroatoms. The van der Waals surface area contributed by atoms with Crippen molar-refractivity contribution in [1.82, 2.24) is 35.5 Å². The fraction of sp³-hybridized carbons (Fsp3) is 0.371. The molecule has 2 aromatic carbocycles. The fourth-order valence-electron chi connectivity index (χ4n) is 6.24. The van der Waals surface area contributed by atoms with Gasteiger partial charge in [0.25, 0.3) is 0 Å². The lowest BCUT2D eigenvalue weighted by molar-refractivity contribution is -0.121. The van der Waals surface area contributed by atoms with Gasteiger partial charge in [-0.15, -0.1) is 0 Å². The number of aryl methyl sites for hydroxylation is 1. The molecule has 11 nitrogen and oxygen atoms in total. The summed E-state index contributed by atoms with van der Waals surface area (Å²) in [6.45, 7) is 3.56. The van der Waals surface area contributed by atoms with Crippen LogP contribution in [0.3, 0.4) is 0 Å². The first-order valence-corrected chi connectivity index (χ1v) is 16.7. The highest BCUT2D eigenvalue weighted by Crippen LogP contribution is 2.42. The number of halogens is 2. The fourth-order valence-corrected chi connectivity index (χ4v) is 6.88. The van der Waals surface area contributed by atoms with Crippen LogP contribution in [-0.4, -0.2) is 76.0 Å². The van der Waals surface area contributed by atoms with E-state index in [2.05, 4.69) is 25.5 Å². The van der Waals surface area contributed by atoms with E-state index in [4.69, 9.17) is 42.6 Å². The number of rotatable bonds is 12. The minimum Gasteiger partial charge on any atom is -0.480 e. The minimum atomic E-state index is -0.0312. The summed E-state index contributed by atoms with van der Waals surface area (Å²) in [6.07, 6.45) is 7.30. The van der Waals surface area contributed by atoms with Gasteiger partial charge in [0.05, 0.1) is 54.1 Å². The second-order valence-corrected chi connectivity index (χ2v) is 12.8. The lowest BCUT2D eigenvalue weighted by Crippen LogP contribution is -2.58. The van der Waals surface area contributed by atoms with E-state index < -0.39 is 0 Å². The lowest BCUT2D eigenvalue weighted by Gasteiger charge is -2.39. The molecule has 48 heavy (non-hydrogen) atoms. The molecule has 2 fully saturated rings. The average Bonchev–Trinajstić information content (AvgIpc) is 3.48. The number of hydrogen-bond acceptors (Lipinski definition) is 9. The molecule has 2 aromatic heterocycles. The van der Waals surface area contributed by atoms with Crippen LogP contribution in [0.15, 0.2) is 48.8 Å². The van der Waals surface area contributed by atoms with Crippen molar-refractivity contribution in [3.05, 3.63) is 70.2 Å². The van der Waals surface area contributed by atoms with Gasteiger partial charge >= 0.3 is 0 Å². The van der Waals surface area contributed by atoms with Crippen molar-refractivity contribution in [3.63, 3.8) is 0 Å². The van der Waals surface area contributed by atoms with Crippen LogP contribution in [0, 0.1) is 0 Å². The van der Waals surface area contributed by atoms with Crippen molar-refractivity contribution in [2.45, 2.75) is 57.7 Å². The van der Waals surface area contributed by atoms with E-state index >= 15 is 0 Å². The highest BCUT2D eigenvalue weighted by atomic mass is 35.5. The summed E-state index contributed by atoms with van der Waals surface area (Å²) >= 11 is 14.1. The largest absolute Gasteiger partial charge is 0.480 e. The Hall–Kier alpha value is -4.32. The predicted molar refractivity (Wildman–Crippen MR) is 184 cm³/mol. The van der Waals surface area contributed by atoms with Gasteiger partial charge in [-0.05, 0) is 25.7 Å². The van der Waals surface area contributed by atoms with Crippen LogP contribution < -0.4 is 20.1 Å². The number of amides is 2. The van der Waals surface area contributed by atoms with E-state index in [0.717, 1.165) is 49.2 Å². The average molecular weight is 691 g/mol. The van der Waals surface area contributed by atoms with E-state index in [-0.39, 0.29) is 23.9 Å². The molecule has 6 rings (SSSR count). The molecule has 2 amide bonds. The second-order valence-electron chi connectivity index (χ2n) is 12.0. The quantitative estimate of drug-likeness (QED) is 0.198. The van der Waals surface area contributed by atoms with Crippen LogP contribution in [0.1, 0.15) is 44.0 Å². The van der Waals surface area contributed by atoms with Crippen molar-refractivity contribution in [2.75, 3.05) is 27.3 Å². The van der Waals surface area contributed by atoms with Crippen LogP contribution in [0.2, 0.25) is 10.0 Å². The molecule has 0 aliphatic carbocycles. The maximum absolute atomic E-state index is 11.5. The molecular weight excluding hydrogens is 653 g/mol. The first-order chi connectivity index (χ1) is 23.2. The maximum Gasteiger partial charge on any atom is 0.237 e. The Balaban J connectivity index is 1.21. The van der Waals surface area contributed by atoms with Gasteiger partial charge in [0.2, 0.25) is 23.6 Å². The number of methoxy groups -OCH3 is 2. The zero-order valence-corrected chi connectivity index (χ0v) is 28.6. The summed E-state index contributed by atoms with van der Waals surface area (Å²) in [5.74, 6) is 0.950. The van der Waals surface area contributed by atoms with Crippen LogP contribution in [0.5, 0.6) is 11.8 Å². The van der Waals surface area contributed by atoms with Crippen molar-refractivity contribution < 1.29 is 19.1 Å². The highest BCUT2D eigenvalue weighted by molar-refractivity contribution is 6.39. The molecule has 250 valence electrons. The number of nitrogens with one attached hydrogen (secondary N) is 2. The van der Waals surface area contributed by atoms with Gasteiger partial charge in [0, 0.05) is 61.3 Å². The van der Waals surface area contributed by atoms with Crippen molar-refractivity contribution >= 4 is 35.0 Å². The number of hydrogen-bond donors (Lipinski definition) is 2. The number of aromatic nitrogens is 4. The molecule has 2 saturated heterocycles. The second kappa shape index (κ2) is 14.8. The molecule has 4 aromatic rings. The van der Waals surface area contributed by atoms with Crippen LogP contribution >= 0.6 is 23.2 Å². The Morgan fingerprint density at radius 1 is 0.917 bits per heavy atom. The molecule has 4 heterocycles. The van der Waals surface area contributed by atoms with Crippen LogP contribution in [-0.2, 0) is 22.6 Å². The molecule has 0 bridgehead atoms. The monoisotopic (exact) mass is 689 g/mol. The Kier molecular flexibility index (Phi) is 10.4. The van der Waals surface area contributed by atoms with Gasteiger partial charge in [0.15, 0.2) is 0 Å². The summed E-state index contributed by atoms with van der Waals surface area (Å²) in [6, 6.07) is 11.8. The third-order valence-corrected chi connectivity index (χ3v) is 9.45. The van der Waals surface area contributed by atoms with Crippen LogP contribution in [0.4, 0.5) is 0 Å². The summed E-state index contributed by atoms with van der Waals surface area (Å²) in [7, 11) is 3.15. The Morgan fingerprint density at radius 3 is 2.02 bits per heavy atom. The standard InChI is InChI=1S/C35H37Cl2N7O4/c1-20(45)40-22-17-44(18-22)19-30-35(48-3)43-29(16-39-30)26-11-6-9-24(33(26)37)23-8-5-10-25(32(23)36)28-15-38-27(34(42-28)47-2)12-4-7-21-13-14-31(46)41-21/h5-6,8-11,15-16,21-22H,4,7,12-14,17-19H2,1-3H3,(H,40,45)(H,41,46)/t21-/m1/s1. The zero-order valence-electron chi connectivity index (χ0n) is 27.1. The van der Waals surface area contributed by atoms with E-state index in [1.54, 1.807) is 26.6 Å². The molecule has 1 atom stereocenters. The molecule has 2 aliphatic heterocycles. The first-order valence-electron chi connectivity index (χ1n) is 15.9. The van der Waals surface area contributed by atoms with Gasteiger partial charge in [-0.25, -0.2) is 9.97 Å². The number of carbonyl (C=O) groups excluding carboxylic acids is 2. The summed E-state index contributed by atoms with van der Waals surface area (Å²) in [4.78, 5) is 43.9. The van der Waals surface area contributed by atoms with Gasteiger partial charge in [-0.3, -0.25) is 24.5 Å². The number of likely N-dealkylation sites (tertiary alicyclic amines) is 1. The number of nitrogens with zero attached hydrogens (tertiary/aromatic N) is 5. The highest BCUT2D eigenvalue weighted by Gasteiger charge is 2.29. The topological polar surface area (TPSA) is 131 Å². The van der Waals surface area contributed by atoms with Crippen LogP contribution in [0.25, 0.3) is 33.6 Å². The molecule has 2 aliphatic rings. The zero-order chi connectivity index (χ0) is 33.8. The van der Waals surface area contributed by atoms with E-state index in [0.29, 0.717) is 69.4 Å².